The quantitative estimate of drug-likeness (QED) is 0.735. The van der Waals surface area contributed by atoms with Gasteiger partial charge < -0.3 is 10.6 Å². The highest BCUT2D eigenvalue weighted by molar-refractivity contribution is 6.29. The van der Waals surface area contributed by atoms with Crippen molar-refractivity contribution in [3.63, 3.8) is 0 Å². The van der Waals surface area contributed by atoms with E-state index in [2.05, 4.69) is 9.88 Å². The highest BCUT2D eigenvalue weighted by Gasteiger charge is 2.44. The van der Waals surface area contributed by atoms with Crippen LogP contribution in [-0.2, 0) is 0 Å². The van der Waals surface area contributed by atoms with Crippen LogP contribution in [0.5, 0.6) is 0 Å². The second-order valence-corrected chi connectivity index (χ2v) is 4.96. The van der Waals surface area contributed by atoms with Crippen LogP contribution in [-0.4, -0.2) is 24.1 Å². The largest absolute Gasteiger partial charge is 0.371 e. The van der Waals surface area contributed by atoms with E-state index in [0.29, 0.717) is 23.0 Å². The summed E-state index contributed by atoms with van der Waals surface area (Å²) in [5.41, 5.74) is 7.21. The van der Waals surface area contributed by atoms with Crippen molar-refractivity contribution in [2.75, 3.05) is 18.0 Å². The van der Waals surface area contributed by atoms with Gasteiger partial charge in [0.05, 0.1) is 0 Å². The second kappa shape index (κ2) is 3.35. The standard InChI is InChI=1S/C11H14ClN3/c12-10-4-9(1-2-14-10)15-5-7-3-8(6-15)11(7)13/h1-2,4,7-8,11H,3,5-6,13H2/t7-,8+,11?. The monoisotopic (exact) mass is 223 g/mol. The van der Waals surface area contributed by atoms with Crippen molar-refractivity contribution in [2.24, 2.45) is 17.6 Å². The third-order valence-corrected chi connectivity index (χ3v) is 3.89. The van der Waals surface area contributed by atoms with E-state index in [0.717, 1.165) is 13.1 Å². The molecule has 0 aromatic carbocycles. The molecular formula is C11H14ClN3. The first-order valence-corrected chi connectivity index (χ1v) is 5.74. The number of nitrogens with two attached hydrogens (primary N) is 1. The van der Waals surface area contributed by atoms with Crippen LogP contribution < -0.4 is 10.6 Å². The Morgan fingerprint density at radius 3 is 2.73 bits per heavy atom. The molecule has 0 amide bonds. The predicted octanol–water partition coefficient (Wildman–Crippen LogP) is 1.52. The molecule has 4 heteroatoms. The lowest BCUT2D eigenvalue weighted by molar-refractivity contribution is 0.116. The number of aromatic nitrogens is 1. The van der Waals surface area contributed by atoms with E-state index >= 15 is 0 Å². The minimum Gasteiger partial charge on any atom is -0.371 e. The first-order chi connectivity index (χ1) is 7.24. The normalized spacial score (nSPS) is 33.7. The lowest BCUT2D eigenvalue weighted by atomic mass is 9.66. The molecule has 2 bridgehead atoms. The molecule has 1 aromatic rings. The van der Waals surface area contributed by atoms with Crippen molar-refractivity contribution < 1.29 is 0 Å². The molecule has 3 nitrogen and oxygen atoms in total. The summed E-state index contributed by atoms with van der Waals surface area (Å²) in [4.78, 5) is 6.36. The Kier molecular flexibility index (Phi) is 2.11. The summed E-state index contributed by atoms with van der Waals surface area (Å²) in [6, 6.07) is 4.37. The van der Waals surface area contributed by atoms with Gasteiger partial charge in [-0.1, -0.05) is 11.6 Å². The molecule has 2 saturated heterocycles. The number of pyridine rings is 1. The van der Waals surface area contributed by atoms with Gasteiger partial charge in [0.25, 0.3) is 0 Å². The van der Waals surface area contributed by atoms with Gasteiger partial charge in [0.15, 0.2) is 0 Å². The Hall–Kier alpha value is -0.800. The maximum atomic E-state index is 6.03. The van der Waals surface area contributed by atoms with Gasteiger partial charge in [-0.3, -0.25) is 0 Å². The van der Waals surface area contributed by atoms with Gasteiger partial charge in [-0.05, 0) is 30.4 Å². The molecule has 3 aliphatic rings. The van der Waals surface area contributed by atoms with E-state index in [-0.39, 0.29) is 0 Å². The summed E-state index contributed by atoms with van der Waals surface area (Å²) in [6.45, 7) is 2.13. The van der Waals surface area contributed by atoms with Crippen molar-refractivity contribution in [3.05, 3.63) is 23.5 Å². The van der Waals surface area contributed by atoms with Gasteiger partial charge in [-0.15, -0.1) is 0 Å². The lowest BCUT2D eigenvalue weighted by Gasteiger charge is -2.52. The Balaban J connectivity index is 1.79. The Morgan fingerprint density at radius 1 is 1.40 bits per heavy atom. The van der Waals surface area contributed by atoms with E-state index in [1.807, 2.05) is 12.1 Å². The second-order valence-electron chi connectivity index (χ2n) is 4.57. The zero-order valence-corrected chi connectivity index (χ0v) is 9.19. The van der Waals surface area contributed by atoms with Crippen molar-refractivity contribution in [1.29, 1.82) is 0 Å². The molecular weight excluding hydrogens is 210 g/mol. The van der Waals surface area contributed by atoms with Gasteiger partial charge in [0.1, 0.15) is 5.15 Å². The summed E-state index contributed by atoms with van der Waals surface area (Å²) in [6.07, 6.45) is 3.06. The van der Waals surface area contributed by atoms with E-state index in [9.17, 15) is 0 Å². The molecule has 15 heavy (non-hydrogen) atoms. The van der Waals surface area contributed by atoms with Crippen LogP contribution in [0, 0.1) is 11.8 Å². The van der Waals surface area contributed by atoms with Crippen LogP contribution in [0.15, 0.2) is 18.3 Å². The zero-order valence-electron chi connectivity index (χ0n) is 8.44. The number of anilines is 1. The van der Waals surface area contributed by atoms with Crippen molar-refractivity contribution in [3.8, 4) is 0 Å². The van der Waals surface area contributed by atoms with Crippen LogP contribution in [0.4, 0.5) is 5.69 Å². The molecule has 1 unspecified atom stereocenters. The molecule has 1 saturated carbocycles. The number of nitrogens with zero attached hydrogens (tertiary/aromatic N) is 2. The molecule has 1 aromatic heterocycles. The first-order valence-electron chi connectivity index (χ1n) is 5.36. The average molecular weight is 224 g/mol. The molecule has 3 heterocycles. The fourth-order valence-corrected chi connectivity index (χ4v) is 2.89. The van der Waals surface area contributed by atoms with Crippen LogP contribution in [0.3, 0.4) is 0 Å². The fraction of sp³-hybridized carbons (Fsp3) is 0.545. The Labute approximate surface area is 94.2 Å². The average Bonchev–Trinajstić information content (AvgIpc) is 2.28. The number of piperidine rings is 2. The van der Waals surface area contributed by atoms with Crippen LogP contribution in [0.1, 0.15) is 6.42 Å². The lowest BCUT2D eigenvalue weighted by Crippen LogP contribution is -2.62. The molecule has 4 rings (SSSR count). The minimum atomic E-state index is 0.429. The topological polar surface area (TPSA) is 42.1 Å². The van der Waals surface area contributed by atoms with Crippen molar-refractivity contribution in [2.45, 2.75) is 12.5 Å². The molecule has 2 N–H and O–H groups in total. The van der Waals surface area contributed by atoms with Crippen molar-refractivity contribution >= 4 is 17.3 Å². The summed E-state index contributed by atoms with van der Waals surface area (Å²) in [5.74, 6) is 1.35. The minimum absolute atomic E-state index is 0.429. The van der Waals surface area contributed by atoms with Crippen molar-refractivity contribution in [1.82, 2.24) is 4.98 Å². The molecule has 0 radical (unpaired) electrons. The summed E-state index contributed by atoms with van der Waals surface area (Å²) < 4.78 is 0. The summed E-state index contributed by atoms with van der Waals surface area (Å²) >= 11 is 5.88. The number of hydrogen-bond donors (Lipinski definition) is 1. The van der Waals surface area contributed by atoms with E-state index < -0.39 is 0 Å². The van der Waals surface area contributed by atoms with E-state index in [1.54, 1.807) is 6.20 Å². The SMILES string of the molecule is NC1[C@@H]2C[C@H]1CN(c1ccnc(Cl)c1)C2. The maximum absolute atomic E-state index is 6.03. The highest BCUT2D eigenvalue weighted by atomic mass is 35.5. The summed E-state index contributed by atoms with van der Waals surface area (Å²) in [7, 11) is 0. The van der Waals surface area contributed by atoms with Gasteiger partial charge in [-0.2, -0.15) is 0 Å². The third-order valence-electron chi connectivity index (χ3n) is 3.68. The zero-order chi connectivity index (χ0) is 10.4. The smallest absolute Gasteiger partial charge is 0.131 e. The Morgan fingerprint density at radius 2 is 2.13 bits per heavy atom. The van der Waals surface area contributed by atoms with Gasteiger partial charge in [0, 0.05) is 31.0 Å². The fourth-order valence-electron chi connectivity index (χ4n) is 2.73. The number of hydrogen-bond acceptors (Lipinski definition) is 3. The van der Waals surface area contributed by atoms with Gasteiger partial charge in [-0.25, -0.2) is 4.98 Å². The van der Waals surface area contributed by atoms with E-state index in [4.69, 9.17) is 17.3 Å². The highest BCUT2D eigenvalue weighted by Crippen LogP contribution is 2.40. The molecule has 3 fully saturated rings. The molecule has 1 aliphatic carbocycles. The Bertz CT molecular complexity index is 370. The first kappa shape index (κ1) is 9.43. The number of fused-ring (bicyclic) bond motifs is 2. The van der Waals surface area contributed by atoms with Gasteiger partial charge in [0.2, 0.25) is 0 Å². The number of halogens is 1. The molecule has 80 valence electrons. The van der Waals surface area contributed by atoms with Crippen LogP contribution in [0.2, 0.25) is 5.15 Å². The summed E-state index contributed by atoms with van der Waals surface area (Å²) in [5, 5.41) is 0.566. The third kappa shape index (κ3) is 1.50. The van der Waals surface area contributed by atoms with Crippen LogP contribution in [0.25, 0.3) is 0 Å². The van der Waals surface area contributed by atoms with Crippen LogP contribution >= 0.6 is 11.6 Å². The van der Waals surface area contributed by atoms with E-state index in [1.165, 1.54) is 12.1 Å². The molecule has 0 spiro atoms. The van der Waals surface area contributed by atoms with Gasteiger partial charge >= 0.3 is 0 Å². The maximum Gasteiger partial charge on any atom is 0.131 e. The molecule has 3 atom stereocenters. The predicted molar refractivity (Wildman–Crippen MR) is 61.0 cm³/mol. The molecule has 2 aliphatic heterocycles. The number of rotatable bonds is 1.